The van der Waals surface area contributed by atoms with Crippen LogP contribution in [-0.2, 0) is 7.05 Å². The SMILES string of the molecule is Cc1nn(C)cc1C1CC(C(F)(F)F)n2nccc2N1. The summed E-state index contributed by atoms with van der Waals surface area (Å²) in [5.41, 5.74) is 1.52. The van der Waals surface area contributed by atoms with Crippen LogP contribution in [0.3, 0.4) is 0 Å². The van der Waals surface area contributed by atoms with Crippen LogP contribution < -0.4 is 5.32 Å². The second-order valence-corrected chi connectivity index (χ2v) is 4.99. The van der Waals surface area contributed by atoms with Crippen molar-refractivity contribution in [3.63, 3.8) is 0 Å². The molecule has 0 radical (unpaired) electrons. The number of anilines is 1. The number of halogens is 3. The first-order chi connectivity index (χ1) is 9.36. The van der Waals surface area contributed by atoms with Crippen LogP contribution in [0.2, 0.25) is 0 Å². The molecule has 8 heteroatoms. The van der Waals surface area contributed by atoms with Crippen LogP contribution in [0.15, 0.2) is 18.5 Å². The molecule has 0 spiro atoms. The van der Waals surface area contributed by atoms with Gasteiger partial charge in [-0.2, -0.15) is 23.4 Å². The van der Waals surface area contributed by atoms with Gasteiger partial charge in [-0.3, -0.25) is 4.68 Å². The van der Waals surface area contributed by atoms with Gasteiger partial charge in [0.1, 0.15) is 5.82 Å². The lowest BCUT2D eigenvalue weighted by Crippen LogP contribution is -2.35. The second-order valence-electron chi connectivity index (χ2n) is 4.99. The Morgan fingerprint density at radius 2 is 2.15 bits per heavy atom. The molecule has 5 nitrogen and oxygen atoms in total. The minimum absolute atomic E-state index is 0.0925. The Kier molecular flexibility index (Phi) is 2.77. The van der Waals surface area contributed by atoms with Crippen LogP contribution in [0.1, 0.15) is 29.8 Å². The third-order valence-electron chi connectivity index (χ3n) is 3.55. The molecule has 0 fully saturated rings. The molecule has 2 aromatic heterocycles. The van der Waals surface area contributed by atoms with Crippen molar-refractivity contribution in [2.45, 2.75) is 31.6 Å². The molecule has 1 N–H and O–H groups in total. The maximum absolute atomic E-state index is 13.2. The summed E-state index contributed by atoms with van der Waals surface area (Å²) in [6.45, 7) is 1.80. The average molecular weight is 285 g/mol. The van der Waals surface area contributed by atoms with Gasteiger partial charge in [0.25, 0.3) is 0 Å². The van der Waals surface area contributed by atoms with E-state index in [-0.39, 0.29) is 6.42 Å². The number of aromatic nitrogens is 4. The van der Waals surface area contributed by atoms with E-state index in [2.05, 4.69) is 15.5 Å². The first kappa shape index (κ1) is 13.0. The van der Waals surface area contributed by atoms with E-state index in [0.29, 0.717) is 5.82 Å². The van der Waals surface area contributed by atoms with Gasteiger partial charge in [-0.1, -0.05) is 0 Å². The number of rotatable bonds is 1. The van der Waals surface area contributed by atoms with Crippen LogP contribution >= 0.6 is 0 Å². The fourth-order valence-corrected chi connectivity index (χ4v) is 2.67. The summed E-state index contributed by atoms with van der Waals surface area (Å²) in [7, 11) is 1.75. The van der Waals surface area contributed by atoms with Crippen LogP contribution in [0.4, 0.5) is 19.0 Å². The molecule has 0 saturated heterocycles. The third-order valence-corrected chi connectivity index (χ3v) is 3.55. The van der Waals surface area contributed by atoms with Crippen molar-refractivity contribution in [1.82, 2.24) is 19.6 Å². The van der Waals surface area contributed by atoms with E-state index in [1.165, 1.54) is 6.20 Å². The zero-order chi connectivity index (χ0) is 14.5. The molecule has 2 atom stereocenters. The van der Waals surface area contributed by atoms with Gasteiger partial charge in [0.2, 0.25) is 0 Å². The standard InChI is InChI=1S/C12H14F3N5/c1-7-8(6-19(2)18-7)9-5-10(12(13,14)15)20-11(17-9)3-4-16-20/h3-4,6,9-10,17H,5H2,1-2H3. The molecule has 1 aliphatic heterocycles. The number of nitrogens with one attached hydrogen (secondary N) is 1. The Morgan fingerprint density at radius 1 is 1.40 bits per heavy atom. The lowest BCUT2D eigenvalue weighted by molar-refractivity contribution is -0.173. The van der Waals surface area contributed by atoms with Crippen LogP contribution in [0.5, 0.6) is 0 Å². The van der Waals surface area contributed by atoms with Gasteiger partial charge in [0.05, 0.1) is 17.9 Å². The molecule has 0 bridgehead atoms. The molecule has 0 saturated carbocycles. The summed E-state index contributed by atoms with van der Waals surface area (Å²) in [5.74, 6) is 0.381. The number of aryl methyl sites for hydroxylation is 2. The highest BCUT2D eigenvalue weighted by Crippen LogP contribution is 2.43. The normalized spacial score (nSPS) is 22.4. The summed E-state index contributed by atoms with van der Waals surface area (Å²) in [6.07, 6.45) is -1.28. The van der Waals surface area contributed by atoms with Crippen molar-refractivity contribution < 1.29 is 13.2 Å². The highest BCUT2D eigenvalue weighted by Gasteiger charge is 2.46. The molecule has 20 heavy (non-hydrogen) atoms. The van der Waals surface area contributed by atoms with Crippen molar-refractivity contribution in [3.05, 3.63) is 29.7 Å². The maximum Gasteiger partial charge on any atom is 0.410 e. The molecule has 1 aliphatic rings. The zero-order valence-electron chi connectivity index (χ0n) is 11.0. The molecule has 108 valence electrons. The van der Waals surface area contributed by atoms with Crippen molar-refractivity contribution in [2.24, 2.45) is 7.05 Å². The van der Waals surface area contributed by atoms with Gasteiger partial charge in [0.15, 0.2) is 6.04 Å². The van der Waals surface area contributed by atoms with Gasteiger partial charge in [-0.15, -0.1) is 0 Å². The van der Waals surface area contributed by atoms with Gasteiger partial charge in [-0.25, -0.2) is 4.68 Å². The van der Waals surface area contributed by atoms with Crippen LogP contribution in [0, 0.1) is 6.92 Å². The van der Waals surface area contributed by atoms with E-state index in [9.17, 15) is 13.2 Å². The maximum atomic E-state index is 13.2. The largest absolute Gasteiger partial charge is 0.410 e. The Morgan fingerprint density at radius 3 is 2.75 bits per heavy atom. The average Bonchev–Trinajstić information content (AvgIpc) is 2.92. The first-order valence-corrected chi connectivity index (χ1v) is 6.23. The summed E-state index contributed by atoms with van der Waals surface area (Å²) in [6, 6.07) is -0.478. The summed E-state index contributed by atoms with van der Waals surface area (Å²) in [4.78, 5) is 0. The number of nitrogens with zero attached hydrogens (tertiary/aromatic N) is 4. The molecule has 3 heterocycles. The van der Waals surface area contributed by atoms with Crippen LogP contribution in [-0.4, -0.2) is 25.7 Å². The molecule has 0 aromatic carbocycles. The van der Waals surface area contributed by atoms with E-state index in [4.69, 9.17) is 0 Å². The van der Waals surface area contributed by atoms with E-state index in [0.717, 1.165) is 15.9 Å². The molecule has 2 unspecified atom stereocenters. The Bertz CT molecular complexity index is 627. The smallest absolute Gasteiger partial charge is 0.363 e. The third kappa shape index (κ3) is 2.04. The summed E-state index contributed by atoms with van der Waals surface area (Å²) >= 11 is 0. The van der Waals surface area contributed by atoms with Gasteiger partial charge in [0, 0.05) is 31.3 Å². The van der Waals surface area contributed by atoms with Crippen molar-refractivity contribution in [1.29, 1.82) is 0 Å². The highest BCUT2D eigenvalue weighted by molar-refractivity contribution is 5.42. The Labute approximate surface area is 113 Å². The Balaban J connectivity index is 2.00. The van der Waals surface area contributed by atoms with E-state index >= 15 is 0 Å². The summed E-state index contributed by atoms with van der Waals surface area (Å²) < 4.78 is 42.2. The quantitative estimate of drug-likeness (QED) is 0.876. The summed E-state index contributed by atoms with van der Waals surface area (Å²) in [5, 5.41) is 11.1. The predicted molar refractivity (Wildman–Crippen MR) is 66.2 cm³/mol. The molecular weight excluding hydrogens is 271 g/mol. The predicted octanol–water partition coefficient (Wildman–Crippen LogP) is 2.59. The lowest BCUT2D eigenvalue weighted by atomic mass is 9.97. The van der Waals surface area contributed by atoms with Crippen molar-refractivity contribution in [2.75, 3.05) is 5.32 Å². The van der Waals surface area contributed by atoms with Crippen molar-refractivity contribution in [3.8, 4) is 0 Å². The zero-order valence-corrected chi connectivity index (χ0v) is 11.0. The fraction of sp³-hybridized carbons (Fsp3) is 0.500. The second kappa shape index (κ2) is 4.26. The number of hydrogen-bond donors (Lipinski definition) is 1. The molecule has 0 amide bonds. The Hall–Kier alpha value is -1.99. The highest BCUT2D eigenvalue weighted by atomic mass is 19.4. The van der Waals surface area contributed by atoms with E-state index < -0.39 is 18.3 Å². The molecule has 2 aromatic rings. The van der Waals surface area contributed by atoms with E-state index in [1.54, 1.807) is 30.9 Å². The van der Waals surface area contributed by atoms with Gasteiger partial charge >= 0.3 is 6.18 Å². The monoisotopic (exact) mass is 285 g/mol. The molecule has 3 rings (SSSR count). The fourth-order valence-electron chi connectivity index (χ4n) is 2.67. The number of hydrogen-bond acceptors (Lipinski definition) is 3. The molecular formula is C12H14F3N5. The topological polar surface area (TPSA) is 47.7 Å². The lowest BCUT2D eigenvalue weighted by Gasteiger charge is -2.33. The minimum Gasteiger partial charge on any atom is -0.363 e. The first-order valence-electron chi connectivity index (χ1n) is 6.23. The van der Waals surface area contributed by atoms with Gasteiger partial charge in [-0.05, 0) is 6.92 Å². The van der Waals surface area contributed by atoms with Crippen molar-refractivity contribution >= 4 is 5.82 Å². The number of alkyl halides is 3. The number of fused-ring (bicyclic) bond motifs is 1. The minimum atomic E-state index is -4.32. The van der Waals surface area contributed by atoms with E-state index in [1.807, 2.05) is 0 Å². The molecule has 0 aliphatic carbocycles. The van der Waals surface area contributed by atoms with Crippen LogP contribution in [0.25, 0.3) is 0 Å². The van der Waals surface area contributed by atoms with Gasteiger partial charge < -0.3 is 5.32 Å².